The van der Waals surface area contributed by atoms with Crippen LogP contribution < -0.4 is 10.1 Å². The van der Waals surface area contributed by atoms with Crippen LogP contribution in [-0.2, 0) is 21.2 Å². The zero-order chi connectivity index (χ0) is 16.2. The Bertz CT molecular complexity index is 622. The van der Waals surface area contributed by atoms with Crippen molar-refractivity contribution in [3.8, 4) is 5.75 Å². The minimum absolute atomic E-state index is 0.0381. The molecule has 0 atom stereocenters. The number of rotatable bonds is 5. The maximum absolute atomic E-state index is 12.1. The SMILES string of the molecule is COc1cccc(CC(=O)NC2CCN(S(C)(=O)=O)CC2)c1. The zero-order valence-corrected chi connectivity index (χ0v) is 13.7. The summed E-state index contributed by atoms with van der Waals surface area (Å²) in [4.78, 5) is 12.1. The number of nitrogens with zero attached hydrogens (tertiary/aromatic N) is 1. The molecule has 122 valence electrons. The summed E-state index contributed by atoms with van der Waals surface area (Å²) in [6.45, 7) is 0.922. The van der Waals surface area contributed by atoms with Crippen molar-refractivity contribution in [1.82, 2.24) is 9.62 Å². The van der Waals surface area contributed by atoms with E-state index in [2.05, 4.69) is 5.32 Å². The number of sulfonamides is 1. The molecule has 7 heteroatoms. The Labute approximate surface area is 131 Å². The first-order valence-electron chi connectivity index (χ1n) is 7.26. The molecule has 1 aliphatic rings. The van der Waals surface area contributed by atoms with Gasteiger partial charge in [-0.15, -0.1) is 0 Å². The minimum Gasteiger partial charge on any atom is -0.497 e. The van der Waals surface area contributed by atoms with Gasteiger partial charge in [0.25, 0.3) is 0 Å². The van der Waals surface area contributed by atoms with E-state index in [1.54, 1.807) is 7.11 Å². The summed E-state index contributed by atoms with van der Waals surface area (Å²) in [6, 6.07) is 7.45. The molecule has 0 aliphatic carbocycles. The average molecular weight is 326 g/mol. The molecule has 1 N–H and O–H groups in total. The lowest BCUT2D eigenvalue weighted by Gasteiger charge is -2.30. The Hall–Kier alpha value is -1.60. The Morgan fingerprint density at radius 2 is 2.05 bits per heavy atom. The summed E-state index contributed by atoms with van der Waals surface area (Å²) in [5, 5.41) is 2.98. The van der Waals surface area contributed by atoms with Crippen LogP contribution in [0.3, 0.4) is 0 Å². The van der Waals surface area contributed by atoms with Gasteiger partial charge in [0.15, 0.2) is 0 Å². The van der Waals surface area contributed by atoms with Gasteiger partial charge in [-0.1, -0.05) is 12.1 Å². The third-order valence-electron chi connectivity index (χ3n) is 3.79. The molecule has 22 heavy (non-hydrogen) atoms. The highest BCUT2D eigenvalue weighted by Gasteiger charge is 2.25. The van der Waals surface area contributed by atoms with Crippen molar-refractivity contribution in [1.29, 1.82) is 0 Å². The number of carbonyl (C=O) groups is 1. The van der Waals surface area contributed by atoms with Gasteiger partial charge in [-0.25, -0.2) is 12.7 Å². The standard InChI is InChI=1S/C15H22N2O4S/c1-21-14-5-3-4-12(10-14)11-15(18)16-13-6-8-17(9-7-13)22(2,19)20/h3-5,10,13H,6-9,11H2,1-2H3,(H,16,18). The van der Waals surface area contributed by atoms with Gasteiger partial charge in [-0.3, -0.25) is 4.79 Å². The molecular formula is C15H22N2O4S. The summed E-state index contributed by atoms with van der Waals surface area (Å²) in [7, 11) is -1.54. The number of benzene rings is 1. The predicted octanol–water partition coefficient (Wildman–Crippen LogP) is 0.778. The Balaban J connectivity index is 1.83. The van der Waals surface area contributed by atoms with Gasteiger partial charge in [0.05, 0.1) is 19.8 Å². The number of amides is 1. The van der Waals surface area contributed by atoms with Crippen molar-refractivity contribution in [2.45, 2.75) is 25.3 Å². The summed E-state index contributed by atoms with van der Waals surface area (Å²) < 4.78 is 29.5. The molecular weight excluding hydrogens is 304 g/mol. The van der Waals surface area contributed by atoms with E-state index in [1.165, 1.54) is 10.6 Å². The zero-order valence-electron chi connectivity index (χ0n) is 12.9. The number of methoxy groups -OCH3 is 1. The molecule has 0 spiro atoms. The molecule has 1 fully saturated rings. The summed E-state index contributed by atoms with van der Waals surface area (Å²) >= 11 is 0. The molecule has 1 aromatic rings. The van der Waals surface area contributed by atoms with Crippen LogP contribution in [0, 0.1) is 0 Å². The van der Waals surface area contributed by atoms with Crippen LogP contribution in [-0.4, -0.2) is 51.1 Å². The first-order chi connectivity index (χ1) is 10.4. The molecule has 0 radical (unpaired) electrons. The van der Waals surface area contributed by atoms with Gasteiger partial charge in [-0.2, -0.15) is 0 Å². The second kappa shape index (κ2) is 7.11. The Morgan fingerprint density at radius 3 is 2.64 bits per heavy atom. The van der Waals surface area contributed by atoms with Crippen molar-refractivity contribution in [2.75, 3.05) is 26.5 Å². The maximum atomic E-state index is 12.1. The van der Waals surface area contributed by atoms with E-state index < -0.39 is 10.0 Å². The van der Waals surface area contributed by atoms with Gasteiger partial charge in [0.2, 0.25) is 15.9 Å². The highest BCUT2D eigenvalue weighted by Crippen LogP contribution is 2.15. The molecule has 2 rings (SSSR count). The Kier molecular flexibility index (Phi) is 5.42. The van der Waals surface area contributed by atoms with Crippen LogP contribution in [0.1, 0.15) is 18.4 Å². The maximum Gasteiger partial charge on any atom is 0.224 e. The molecule has 1 amide bonds. The first-order valence-corrected chi connectivity index (χ1v) is 9.11. The second-order valence-electron chi connectivity index (χ2n) is 5.53. The van der Waals surface area contributed by atoms with Crippen LogP contribution in [0.4, 0.5) is 0 Å². The third-order valence-corrected chi connectivity index (χ3v) is 5.09. The lowest BCUT2D eigenvalue weighted by atomic mass is 10.1. The molecule has 6 nitrogen and oxygen atoms in total. The molecule has 0 saturated carbocycles. The fraction of sp³-hybridized carbons (Fsp3) is 0.533. The van der Waals surface area contributed by atoms with Gasteiger partial charge >= 0.3 is 0 Å². The van der Waals surface area contributed by atoms with E-state index >= 15 is 0 Å². The fourth-order valence-electron chi connectivity index (χ4n) is 2.58. The van der Waals surface area contributed by atoms with Gasteiger partial charge in [-0.05, 0) is 30.5 Å². The smallest absolute Gasteiger partial charge is 0.224 e. The summed E-state index contributed by atoms with van der Waals surface area (Å²) in [5.74, 6) is 0.679. The van der Waals surface area contributed by atoms with E-state index in [0.29, 0.717) is 32.4 Å². The van der Waals surface area contributed by atoms with Crippen LogP contribution in [0.25, 0.3) is 0 Å². The molecule has 1 aromatic carbocycles. The van der Waals surface area contributed by atoms with Crippen molar-refractivity contribution in [3.05, 3.63) is 29.8 Å². The molecule has 1 heterocycles. The molecule has 0 unspecified atom stereocenters. The Morgan fingerprint density at radius 1 is 1.36 bits per heavy atom. The number of hydrogen-bond acceptors (Lipinski definition) is 4. The topological polar surface area (TPSA) is 75.7 Å². The van der Waals surface area contributed by atoms with E-state index in [0.717, 1.165) is 11.3 Å². The van der Waals surface area contributed by atoms with E-state index in [9.17, 15) is 13.2 Å². The largest absolute Gasteiger partial charge is 0.497 e. The normalized spacial score (nSPS) is 17.2. The van der Waals surface area contributed by atoms with Crippen LogP contribution in [0.2, 0.25) is 0 Å². The highest BCUT2D eigenvalue weighted by atomic mass is 32.2. The number of carbonyl (C=O) groups excluding carboxylic acids is 1. The quantitative estimate of drug-likeness (QED) is 0.867. The van der Waals surface area contributed by atoms with E-state index in [4.69, 9.17) is 4.74 Å². The van der Waals surface area contributed by atoms with Crippen LogP contribution in [0.15, 0.2) is 24.3 Å². The third kappa shape index (κ3) is 4.71. The van der Waals surface area contributed by atoms with Gasteiger partial charge in [0, 0.05) is 19.1 Å². The van der Waals surface area contributed by atoms with Crippen molar-refractivity contribution in [3.63, 3.8) is 0 Å². The van der Waals surface area contributed by atoms with Crippen molar-refractivity contribution in [2.24, 2.45) is 0 Å². The van der Waals surface area contributed by atoms with Gasteiger partial charge in [0.1, 0.15) is 5.75 Å². The van der Waals surface area contributed by atoms with Gasteiger partial charge < -0.3 is 10.1 Å². The first kappa shape index (κ1) is 16.8. The lowest BCUT2D eigenvalue weighted by molar-refractivity contribution is -0.121. The van der Waals surface area contributed by atoms with Crippen LogP contribution >= 0.6 is 0 Å². The van der Waals surface area contributed by atoms with Crippen molar-refractivity contribution < 1.29 is 17.9 Å². The molecule has 1 saturated heterocycles. The molecule has 0 aromatic heterocycles. The number of nitrogens with one attached hydrogen (secondary N) is 1. The number of piperidine rings is 1. The van der Waals surface area contributed by atoms with E-state index in [-0.39, 0.29) is 11.9 Å². The second-order valence-corrected chi connectivity index (χ2v) is 7.51. The monoisotopic (exact) mass is 326 g/mol. The number of hydrogen-bond donors (Lipinski definition) is 1. The van der Waals surface area contributed by atoms with Crippen molar-refractivity contribution >= 4 is 15.9 Å². The summed E-state index contributed by atoms with van der Waals surface area (Å²) in [5.41, 5.74) is 0.894. The molecule has 1 aliphatic heterocycles. The predicted molar refractivity (Wildman–Crippen MR) is 84.3 cm³/mol. The van der Waals surface area contributed by atoms with Crippen LogP contribution in [0.5, 0.6) is 5.75 Å². The lowest BCUT2D eigenvalue weighted by Crippen LogP contribution is -2.46. The minimum atomic E-state index is -3.13. The molecule has 0 bridgehead atoms. The number of ether oxygens (including phenoxy) is 1. The van der Waals surface area contributed by atoms with E-state index in [1.807, 2.05) is 24.3 Å². The highest BCUT2D eigenvalue weighted by molar-refractivity contribution is 7.88. The summed E-state index contributed by atoms with van der Waals surface area (Å²) in [6.07, 6.45) is 2.81. The average Bonchev–Trinajstić information content (AvgIpc) is 2.47. The fourth-order valence-corrected chi connectivity index (χ4v) is 3.45.